The van der Waals surface area contributed by atoms with Crippen LogP contribution in [0.3, 0.4) is 0 Å². The first-order valence-electron chi connectivity index (χ1n) is 10.1. The first-order valence-corrected chi connectivity index (χ1v) is 12.2. The number of Topliss-reactive ketones (excluding diaryl/α,β-unsaturated/α-hetero) is 1. The van der Waals surface area contributed by atoms with E-state index in [1.54, 1.807) is 13.0 Å². The minimum atomic E-state index is -0.549. The predicted molar refractivity (Wildman–Crippen MR) is 132 cm³/mol. The van der Waals surface area contributed by atoms with E-state index in [1.807, 2.05) is 25.7 Å². The van der Waals surface area contributed by atoms with Crippen molar-refractivity contribution < 1.29 is 14.3 Å². The number of phenols is 1. The Kier molecular flexibility index (Phi) is 8.94. The number of aryl methyl sites for hydroxylation is 1. The molecule has 5 nitrogen and oxygen atoms in total. The quantitative estimate of drug-likeness (QED) is 0.270. The van der Waals surface area contributed by atoms with Crippen LogP contribution in [0.15, 0.2) is 19.8 Å². The van der Waals surface area contributed by atoms with Gasteiger partial charge in [-0.05, 0) is 68.1 Å². The lowest BCUT2D eigenvalue weighted by Gasteiger charge is -2.23. The summed E-state index contributed by atoms with van der Waals surface area (Å²) in [7, 11) is 0. The third-order valence-corrected chi connectivity index (χ3v) is 7.38. The van der Waals surface area contributed by atoms with Crippen LogP contribution < -0.4 is 5.63 Å². The summed E-state index contributed by atoms with van der Waals surface area (Å²) in [6, 6.07) is 1.70. The van der Waals surface area contributed by atoms with Crippen molar-refractivity contribution in [3.05, 3.63) is 37.6 Å². The van der Waals surface area contributed by atoms with Crippen molar-refractivity contribution in [3.63, 3.8) is 0 Å². The van der Waals surface area contributed by atoms with Crippen molar-refractivity contribution >= 4 is 61.0 Å². The topological polar surface area (TPSA) is 70.8 Å². The fourth-order valence-electron chi connectivity index (χ4n) is 3.31. The summed E-state index contributed by atoms with van der Waals surface area (Å²) < 4.78 is 6.61. The monoisotopic (exact) mass is 513 g/mol. The molecule has 1 N–H and O–H groups in total. The van der Waals surface area contributed by atoms with E-state index in [0.29, 0.717) is 26.2 Å². The van der Waals surface area contributed by atoms with E-state index in [2.05, 4.69) is 22.9 Å². The van der Waals surface area contributed by atoms with Crippen LogP contribution in [-0.4, -0.2) is 38.4 Å². The number of rotatable bonds is 8. The molecule has 1 aromatic carbocycles. The maximum Gasteiger partial charge on any atom is 0.339 e. The van der Waals surface area contributed by atoms with E-state index in [-0.39, 0.29) is 22.7 Å². The Balaban J connectivity index is 2.57. The molecule has 1 unspecified atom stereocenters. The molecule has 0 aliphatic heterocycles. The molecule has 1 atom stereocenters. The summed E-state index contributed by atoms with van der Waals surface area (Å²) in [5, 5.41) is 10.8. The molecule has 30 heavy (non-hydrogen) atoms. The molecule has 0 aliphatic rings. The summed E-state index contributed by atoms with van der Waals surface area (Å²) in [5.74, 6) is -0.556. The second-order valence-corrected chi connectivity index (χ2v) is 9.95. The molecule has 0 aliphatic carbocycles. The van der Waals surface area contributed by atoms with E-state index in [1.165, 1.54) is 11.8 Å². The Morgan fingerprint density at radius 1 is 1.33 bits per heavy atom. The SMILES string of the molecule is CCCCc1c(C)c2cc(Br)c(O)c(C(=O)C(C)SC(=S)N(CC)CC)c2oc1=O. The van der Waals surface area contributed by atoms with Gasteiger partial charge in [0.15, 0.2) is 11.4 Å². The second kappa shape index (κ2) is 10.8. The molecule has 0 saturated heterocycles. The Morgan fingerprint density at radius 2 is 1.97 bits per heavy atom. The van der Waals surface area contributed by atoms with Crippen molar-refractivity contribution in [2.24, 2.45) is 0 Å². The molecule has 0 bridgehead atoms. The molecule has 0 fully saturated rings. The van der Waals surface area contributed by atoms with Gasteiger partial charge in [-0.1, -0.05) is 37.3 Å². The van der Waals surface area contributed by atoms with Crippen molar-refractivity contribution in [1.82, 2.24) is 4.90 Å². The molecule has 0 amide bonds. The summed E-state index contributed by atoms with van der Waals surface area (Å²) in [4.78, 5) is 27.9. The van der Waals surface area contributed by atoms with Gasteiger partial charge in [0.2, 0.25) is 0 Å². The Bertz CT molecular complexity index is 1010. The van der Waals surface area contributed by atoms with E-state index in [4.69, 9.17) is 16.6 Å². The number of unbranched alkanes of at least 4 members (excludes halogenated alkanes) is 1. The fraction of sp³-hybridized carbons (Fsp3) is 0.500. The minimum absolute atomic E-state index is 0.0176. The first kappa shape index (κ1) is 24.9. The molecule has 164 valence electrons. The predicted octanol–water partition coefficient (Wildman–Crippen LogP) is 5.84. The van der Waals surface area contributed by atoms with Gasteiger partial charge >= 0.3 is 5.63 Å². The molecule has 2 aromatic rings. The number of hydrogen-bond acceptors (Lipinski definition) is 6. The molecular formula is C22H28BrNO4S2. The number of halogens is 1. The summed E-state index contributed by atoms with van der Waals surface area (Å²) in [6.07, 6.45) is 2.45. The molecule has 0 spiro atoms. The summed E-state index contributed by atoms with van der Waals surface area (Å²) >= 11 is 10.1. The second-order valence-electron chi connectivity index (χ2n) is 7.12. The molecule has 2 rings (SSSR count). The highest BCUT2D eigenvalue weighted by molar-refractivity contribution is 9.10. The third kappa shape index (κ3) is 5.08. The number of aromatic hydroxyl groups is 1. The van der Waals surface area contributed by atoms with Gasteiger partial charge in [-0.25, -0.2) is 4.79 Å². The first-order chi connectivity index (χ1) is 14.2. The Morgan fingerprint density at radius 3 is 2.53 bits per heavy atom. The van der Waals surface area contributed by atoms with Crippen molar-refractivity contribution in [1.29, 1.82) is 0 Å². The number of ketones is 1. The zero-order valence-electron chi connectivity index (χ0n) is 18.0. The Hall–Kier alpha value is -1.38. The van der Waals surface area contributed by atoms with E-state index in [0.717, 1.165) is 31.5 Å². The number of hydrogen-bond donors (Lipinski definition) is 1. The van der Waals surface area contributed by atoms with E-state index < -0.39 is 10.9 Å². The number of carbonyl (C=O) groups is 1. The van der Waals surface area contributed by atoms with Crippen LogP contribution in [0, 0.1) is 6.92 Å². The van der Waals surface area contributed by atoms with Gasteiger partial charge < -0.3 is 14.4 Å². The zero-order valence-corrected chi connectivity index (χ0v) is 21.2. The smallest absolute Gasteiger partial charge is 0.339 e. The van der Waals surface area contributed by atoms with Crippen molar-refractivity contribution in [2.75, 3.05) is 13.1 Å². The Labute approximate surface area is 195 Å². The summed E-state index contributed by atoms with van der Waals surface area (Å²) in [5.41, 5.74) is 1.09. The number of thiocarbonyl (C=S) groups is 1. The van der Waals surface area contributed by atoms with E-state index in [9.17, 15) is 14.7 Å². The van der Waals surface area contributed by atoms with Crippen LogP contribution in [0.5, 0.6) is 5.75 Å². The normalized spacial score (nSPS) is 12.2. The lowest BCUT2D eigenvalue weighted by Crippen LogP contribution is -2.29. The van der Waals surface area contributed by atoms with Gasteiger partial charge in [-0.2, -0.15) is 0 Å². The number of carbonyl (C=O) groups excluding carboxylic acids is 1. The highest BCUT2D eigenvalue weighted by Crippen LogP contribution is 2.38. The lowest BCUT2D eigenvalue weighted by molar-refractivity contribution is 0.0992. The van der Waals surface area contributed by atoms with Crippen LogP contribution in [0.25, 0.3) is 11.0 Å². The van der Waals surface area contributed by atoms with Crippen LogP contribution >= 0.6 is 39.9 Å². The standard InChI is InChI=1S/C22H28BrNO4S2/c1-6-9-10-14-12(4)15-11-16(23)19(26)17(20(15)28-21(14)27)18(25)13(5)30-22(29)24(7-2)8-3/h11,13,26H,6-10H2,1-5H3. The van der Waals surface area contributed by atoms with Crippen LogP contribution in [0.1, 0.15) is 62.0 Å². The fourth-order valence-corrected chi connectivity index (χ4v) is 5.37. The van der Waals surface area contributed by atoms with Gasteiger partial charge in [0, 0.05) is 24.0 Å². The van der Waals surface area contributed by atoms with Crippen LogP contribution in [0.2, 0.25) is 0 Å². The van der Waals surface area contributed by atoms with Gasteiger partial charge in [0.25, 0.3) is 0 Å². The van der Waals surface area contributed by atoms with Crippen molar-refractivity contribution in [2.45, 2.75) is 59.1 Å². The molecule has 0 radical (unpaired) electrons. The molecule has 1 aromatic heterocycles. The number of phenolic OH excluding ortho intramolecular Hbond substituents is 1. The molecule has 0 saturated carbocycles. The van der Waals surface area contributed by atoms with Gasteiger partial charge in [-0.3, -0.25) is 4.79 Å². The van der Waals surface area contributed by atoms with Gasteiger partial charge in [0.1, 0.15) is 15.6 Å². The van der Waals surface area contributed by atoms with Crippen molar-refractivity contribution in [3.8, 4) is 5.75 Å². The third-order valence-electron chi connectivity index (χ3n) is 5.20. The number of nitrogens with zero attached hydrogens (tertiary/aromatic N) is 1. The minimum Gasteiger partial charge on any atom is -0.506 e. The average Bonchev–Trinajstić information content (AvgIpc) is 2.70. The molecule has 8 heteroatoms. The number of benzene rings is 1. The van der Waals surface area contributed by atoms with Crippen LogP contribution in [-0.2, 0) is 6.42 Å². The average molecular weight is 515 g/mol. The number of thioether (sulfide) groups is 1. The largest absolute Gasteiger partial charge is 0.506 e. The van der Waals surface area contributed by atoms with Gasteiger partial charge in [-0.15, -0.1) is 0 Å². The number of fused-ring (bicyclic) bond motifs is 1. The van der Waals surface area contributed by atoms with E-state index >= 15 is 0 Å². The van der Waals surface area contributed by atoms with Gasteiger partial charge in [0.05, 0.1) is 9.72 Å². The molecular weight excluding hydrogens is 486 g/mol. The highest BCUT2D eigenvalue weighted by Gasteiger charge is 2.28. The lowest BCUT2D eigenvalue weighted by atomic mass is 9.97. The zero-order chi connectivity index (χ0) is 22.6. The van der Waals surface area contributed by atoms with Crippen LogP contribution in [0.4, 0.5) is 0 Å². The molecule has 1 heterocycles. The maximum absolute atomic E-state index is 13.3. The highest BCUT2D eigenvalue weighted by atomic mass is 79.9. The summed E-state index contributed by atoms with van der Waals surface area (Å²) in [6.45, 7) is 11.2. The maximum atomic E-state index is 13.3.